The number of carbonyl (C=O) groups is 1. The van der Waals surface area contributed by atoms with E-state index < -0.39 is 0 Å². The van der Waals surface area contributed by atoms with Gasteiger partial charge in [0.25, 0.3) is 0 Å². The molecule has 37 heavy (non-hydrogen) atoms. The Morgan fingerprint density at radius 2 is 1.22 bits per heavy atom. The molecule has 0 saturated heterocycles. The number of unbranched alkanes of at least 4 members (excludes halogenated alkanes) is 12. The maximum absolute atomic E-state index is 12.4. The second kappa shape index (κ2) is 19.9. The van der Waals surface area contributed by atoms with E-state index in [-0.39, 0.29) is 18.1 Å². The van der Waals surface area contributed by atoms with Gasteiger partial charge in [0.15, 0.2) is 0 Å². The average Bonchev–Trinajstić information content (AvgIpc) is 2.94. The monoisotopic (exact) mass is 507 g/mol. The molecular weight excluding hydrogens is 454 g/mol. The van der Waals surface area contributed by atoms with Gasteiger partial charge in [-0.1, -0.05) is 151 Å². The Morgan fingerprint density at radius 1 is 0.730 bits per heavy atom. The summed E-state index contributed by atoms with van der Waals surface area (Å²) in [5.74, 6) is -0.113. The molecule has 0 bridgehead atoms. The largest absolute Gasteiger partial charge is 0.469 e. The number of ether oxygens (including phenoxy) is 1. The van der Waals surface area contributed by atoms with Crippen molar-refractivity contribution in [3.63, 3.8) is 0 Å². The lowest BCUT2D eigenvalue weighted by atomic mass is 9.97. The molecule has 2 aromatic rings. The van der Waals surface area contributed by atoms with Gasteiger partial charge < -0.3 is 4.74 Å². The van der Waals surface area contributed by atoms with Crippen LogP contribution >= 0.6 is 0 Å². The van der Waals surface area contributed by atoms with Crippen molar-refractivity contribution in [3.05, 3.63) is 71.8 Å². The fourth-order valence-electron chi connectivity index (χ4n) is 5.36. The highest BCUT2D eigenvalue weighted by atomic mass is 16.5. The summed E-state index contributed by atoms with van der Waals surface area (Å²) in [6, 6.07) is 21.7. The number of rotatable bonds is 21. The van der Waals surface area contributed by atoms with Gasteiger partial charge in [-0.15, -0.1) is 0 Å². The number of benzene rings is 2. The highest BCUT2D eigenvalue weighted by Gasteiger charge is 2.27. The Hall–Kier alpha value is -2.13. The molecule has 0 radical (unpaired) electrons. The van der Waals surface area contributed by atoms with Crippen LogP contribution in [0.3, 0.4) is 0 Å². The molecule has 2 rings (SSSR count). The molecular formula is C34H53NO2. The molecule has 0 aliphatic rings. The van der Waals surface area contributed by atoms with Gasteiger partial charge in [0.1, 0.15) is 0 Å². The number of carbonyl (C=O) groups excluding carboxylic acids is 1. The van der Waals surface area contributed by atoms with Crippen molar-refractivity contribution in [1.29, 1.82) is 0 Å². The summed E-state index contributed by atoms with van der Waals surface area (Å²) in [7, 11) is 1.51. The lowest BCUT2D eigenvalue weighted by Crippen LogP contribution is -2.38. The average molecular weight is 508 g/mol. The standard InChI is InChI=1S/C34H53NO2/c1-4-5-6-7-8-9-10-11-12-13-14-15-22-27-33(28-34(36)37-3)35(29-31-23-18-16-19-24-31)30(2)32-25-20-17-21-26-32/h16-21,23-26,30,33H,4-15,22,27-29H2,1-3H3/t30-,33-/m1/s1. The lowest BCUT2D eigenvalue weighted by Gasteiger charge is -2.37. The van der Waals surface area contributed by atoms with E-state index in [4.69, 9.17) is 4.74 Å². The first kappa shape index (κ1) is 31.1. The summed E-state index contributed by atoms with van der Waals surface area (Å²) in [4.78, 5) is 14.9. The van der Waals surface area contributed by atoms with E-state index >= 15 is 0 Å². The molecule has 0 saturated carbocycles. The van der Waals surface area contributed by atoms with Gasteiger partial charge in [-0.25, -0.2) is 0 Å². The number of nitrogens with zero attached hydrogens (tertiary/aromatic N) is 1. The molecule has 0 heterocycles. The van der Waals surface area contributed by atoms with E-state index in [9.17, 15) is 4.79 Å². The third-order valence-corrected chi connectivity index (χ3v) is 7.73. The van der Waals surface area contributed by atoms with Crippen LogP contribution in [0.25, 0.3) is 0 Å². The fourth-order valence-corrected chi connectivity index (χ4v) is 5.36. The van der Waals surface area contributed by atoms with Crippen LogP contribution < -0.4 is 0 Å². The molecule has 0 unspecified atom stereocenters. The Bertz CT molecular complexity index is 807. The highest BCUT2D eigenvalue weighted by Crippen LogP contribution is 2.29. The summed E-state index contributed by atoms with van der Waals surface area (Å²) < 4.78 is 5.12. The smallest absolute Gasteiger partial charge is 0.307 e. The predicted molar refractivity (Wildman–Crippen MR) is 158 cm³/mol. The van der Waals surface area contributed by atoms with Crippen LogP contribution in [-0.2, 0) is 16.1 Å². The van der Waals surface area contributed by atoms with Crippen molar-refractivity contribution in [3.8, 4) is 0 Å². The van der Waals surface area contributed by atoms with Crippen molar-refractivity contribution in [2.24, 2.45) is 0 Å². The first-order valence-corrected chi connectivity index (χ1v) is 15.1. The molecule has 0 aliphatic heterocycles. The van der Waals surface area contributed by atoms with Crippen LogP contribution in [0.1, 0.15) is 127 Å². The van der Waals surface area contributed by atoms with E-state index in [1.54, 1.807) is 0 Å². The van der Waals surface area contributed by atoms with Crippen LogP contribution in [-0.4, -0.2) is 24.0 Å². The third kappa shape index (κ3) is 13.3. The summed E-state index contributed by atoms with van der Waals surface area (Å²) in [5, 5.41) is 0. The molecule has 0 N–H and O–H groups in total. The first-order valence-electron chi connectivity index (χ1n) is 15.1. The van der Waals surface area contributed by atoms with Crippen molar-refractivity contribution < 1.29 is 9.53 Å². The van der Waals surface area contributed by atoms with E-state index in [0.717, 1.165) is 19.4 Å². The molecule has 2 atom stereocenters. The molecule has 0 amide bonds. The number of methoxy groups -OCH3 is 1. The third-order valence-electron chi connectivity index (χ3n) is 7.73. The summed E-state index contributed by atoms with van der Waals surface area (Å²) in [5.41, 5.74) is 2.57. The molecule has 3 nitrogen and oxygen atoms in total. The number of esters is 1. The molecule has 0 aliphatic carbocycles. The van der Waals surface area contributed by atoms with E-state index in [2.05, 4.69) is 79.4 Å². The maximum Gasteiger partial charge on any atom is 0.307 e. The summed E-state index contributed by atoms with van der Waals surface area (Å²) in [6.45, 7) is 5.38. The normalized spacial score (nSPS) is 13.0. The number of hydrogen-bond donors (Lipinski definition) is 0. The minimum atomic E-state index is -0.113. The first-order chi connectivity index (χ1) is 18.2. The van der Waals surface area contributed by atoms with Crippen molar-refractivity contribution in [2.75, 3.05) is 7.11 Å². The Balaban J connectivity index is 1.85. The zero-order chi connectivity index (χ0) is 26.6. The van der Waals surface area contributed by atoms with Gasteiger partial charge >= 0.3 is 5.97 Å². The second-order valence-corrected chi connectivity index (χ2v) is 10.7. The van der Waals surface area contributed by atoms with Crippen LogP contribution in [0.15, 0.2) is 60.7 Å². The quantitative estimate of drug-likeness (QED) is 0.124. The van der Waals surface area contributed by atoms with Crippen molar-refractivity contribution >= 4 is 5.97 Å². The summed E-state index contributed by atoms with van der Waals surface area (Å²) >= 11 is 0. The highest BCUT2D eigenvalue weighted by molar-refractivity contribution is 5.69. The van der Waals surface area contributed by atoms with Crippen molar-refractivity contribution in [1.82, 2.24) is 4.90 Å². The number of hydrogen-bond acceptors (Lipinski definition) is 3. The SMILES string of the molecule is CCCCCCCCCCCCCCC[C@H](CC(=O)OC)N(Cc1ccccc1)[C@H](C)c1ccccc1. The van der Waals surface area contributed by atoms with Gasteiger partial charge in [-0.05, 0) is 24.5 Å². The molecule has 206 valence electrons. The van der Waals surface area contributed by atoms with Gasteiger partial charge in [0.2, 0.25) is 0 Å². The molecule has 2 aromatic carbocycles. The Kier molecular flexibility index (Phi) is 16.7. The van der Waals surface area contributed by atoms with E-state index in [0.29, 0.717) is 6.42 Å². The molecule has 0 fully saturated rings. The van der Waals surface area contributed by atoms with Gasteiger partial charge in [-0.3, -0.25) is 9.69 Å². The minimum Gasteiger partial charge on any atom is -0.469 e. The van der Waals surface area contributed by atoms with Gasteiger partial charge in [0, 0.05) is 18.6 Å². The van der Waals surface area contributed by atoms with E-state index in [1.165, 1.54) is 95.3 Å². The fraction of sp³-hybridized carbons (Fsp3) is 0.618. The van der Waals surface area contributed by atoms with Gasteiger partial charge in [0.05, 0.1) is 13.5 Å². The predicted octanol–water partition coefficient (Wildman–Crippen LogP) is 9.66. The van der Waals surface area contributed by atoms with Gasteiger partial charge in [-0.2, -0.15) is 0 Å². The molecule has 0 spiro atoms. The van der Waals surface area contributed by atoms with Crippen LogP contribution in [0.2, 0.25) is 0 Å². The summed E-state index contributed by atoms with van der Waals surface area (Å²) in [6.07, 6.45) is 19.1. The lowest BCUT2D eigenvalue weighted by molar-refractivity contribution is -0.142. The van der Waals surface area contributed by atoms with Crippen LogP contribution in [0, 0.1) is 0 Å². The zero-order valence-electron chi connectivity index (χ0n) is 24.0. The molecule has 0 aromatic heterocycles. The van der Waals surface area contributed by atoms with E-state index in [1.807, 2.05) is 0 Å². The Labute approximate surface area is 228 Å². The minimum absolute atomic E-state index is 0.113. The second-order valence-electron chi connectivity index (χ2n) is 10.7. The maximum atomic E-state index is 12.4. The topological polar surface area (TPSA) is 29.5 Å². The zero-order valence-corrected chi connectivity index (χ0v) is 24.0. The van der Waals surface area contributed by atoms with Crippen LogP contribution in [0.5, 0.6) is 0 Å². The molecule has 3 heteroatoms. The Morgan fingerprint density at radius 3 is 1.73 bits per heavy atom. The van der Waals surface area contributed by atoms with Crippen molar-refractivity contribution in [2.45, 2.75) is 129 Å². The van der Waals surface area contributed by atoms with Crippen LogP contribution in [0.4, 0.5) is 0 Å².